The third-order valence-electron chi connectivity index (χ3n) is 5.90. The van der Waals surface area contributed by atoms with Crippen molar-refractivity contribution in [3.63, 3.8) is 0 Å². The van der Waals surface area contributed by atoms with Crippen LogP contribution in [0.3, 0.4) is 0 Å². The molecule has 1 aromatic heterocycles. The zero-order valence-corrected chi connectivity index (χ0v) is 17.5. The number of amides is 1. The molecule has 144 valence electrons. The van der Waals surface area contributed by atoms with E-state index in [4.69, 9.17) is 16.6 Å². The Kier molecular flexibility index (Phi) is 5.93. The highest BCUT2D eigenvalue weighted by Crippen LogP contribution is 2.36. The SMILES string of the molecule is CC1CCC(NC(=O)CSc2c3c(nc4cc(Cl)ccc24)CCCC3)CC1. The maximum Gasteiger partial charge on any atom is 0.230 e. The molecule has 2 aliphatic carbocycles. The van der Waals surface area contributed by atoms with Crippen molar-refractivity contribution in [1.82, 2.24) is 10.3 Å². The summed E-state index contributed by atoms with van der Waals surface area (Å²) in [6, 6.07) is 6.28. The van der Waals surface area contributed by atoms with Crippen LogP contribution in [0.15, 0.2) is 23.1 Å². The van der Waals surface area contributed by atoms with Crippen LogP contribution in [-0.2, 0) is 17.6 Å². The molecule has 1 aromatic carbocycles. The number of hydrogen-bond donors (Lipinski definition) is 1. The quantitative estimate of drug-likeness (QED) is 0.681. The largest absolute Gasteiger partial charge is 0.353 e. The van der Waals surface area contributed by atoms with Gasteiger partial charge in [0.25, 0.3) is 0 Å². The van der Waals surface area contributed by atoms with Crippen molar-refractivity contribution in [3.8, 4) is 0 Å². The Morgan fingerprint density at radius 1 is 1.22 bits per heavy atom. The number of thioether (sulfide) groups is 1. The van der Waals surface area contributed by atoms with E-state index in [1.165, 1.54) is 41.8 Å². The molecule has 0 radical (unpaired) electrons. The molecule has 0 unspecified atom stereocenters. The van der Waals surface area contributed by atoms with Crippen LogP contribution >= 0.6 is 23.4 Å². The molecule has 2 aromatic rings. The van der Waals surface area contributed by atoms with E-state index in [1.54, 1.807) is 11.8 Å². The van der Waals surface area contributed by atoms with Crippen molar-refractivity contribution in [1.29, 1.82) is 0 Å². The van der Waals surface area contributed by atoms with E-state index in [0.29, 0.717) is 16.8 Å². The van der Waals surface area contributed by atoms with E-state index in [2.05, 4.69) is 18.3 Å². The number of rotatable bonds is 4. The summed E-state index contributed by atoms with van der Waals surface area (Å²) in [6.07, 6.45) is 9.16. The van der Waals surface area contributed by atoms with Gasteiger partial charge in [0.05, 0.1) is 11.3 Å². The molecular weight excluding hydrogens is 376 g/mol. The van der Waals surface area contributed by atoms with Gasteiger partial charge in [0.1, 0.15) is 0 Å². The van der Waals surface area contributed by atoms with E-state index < -0.39 is 0 Å². The van der Waals surface area contributed by atoms with Crippen LogP contribution in [-0.4, -0.2) is 22.7 Å². The summed E-state index contributed by atoms with van der Waals surface area (Å²) in [7, 11) is 0. The van der Waals surface area contributed by atoms with Crippen molar-refractivity contribution < 1.29 is 4.79 Å². The van der Waals surface area contributed by atoms with Gasteiger partial charge in [-0.1, -0.05) is 24.6 Å². The van der Waals surface area contributed by atoms with Crippen LogP contribution in [0, 0.1) is 5.92 Å². The summed E-state index contributed by atoms with van der Waals surface area (Å²) >= 11 is 7.86. The minimum atomic E-state index is 0.156. The average Bonchev–Trinajstić information content (AvgIpc) is 2.67. The van der Waals surface area contributed by atoms with E-state index in [-0.39, 0.29) is 5.91 Å². The standard InChI is InChI=1S/C22H27ClN2OS/c1-14-6-9-16(10-7-14)24-21(26)13-27-22-17-4-2-3-5-19(17)25-20-12-15(23)8-11-18(20)22/h8,11-12,14,16H,2-7,9-10,13H2,1H3,(H,24,26). The van der Waals surface area contributed by atoms with Crippen molar-refractivity contribution in [2.24, 2.45) is 5.92 Å². The predicted octanol–water partition coefficient (Wildman–Crippen LogP) is 5.55. The van der Waals surface area contributed by atoms with Gasteiger partial charge in [-0.25, -0.2) is 0 Å². The Balaban J connectivity index is 1.51. The fourth-order valence-electron chi connectivity index (χ4n) is 4.33. The normalized spacial score (nSPS) is 22.4. The van der Waals surface area contributed by atoms with Crippen LogP contribution in [0.1, 0.15) is 56.7 Å². The number of aromatic nitrogens is 1. The number of carbonyl (C=O) groups excluding carboxylic acids is 1. The lowest BCUT2D eigenvalue weighted by molar-refractivity contribution is -0.119. The molecule has 1 heterocycles. The van der Waals surface area contributed by atoms with E-state index >= 15 is 0 Å². The van der Waals surface area contributed by atoms with Crippen molar-refractivity contribution in [2.45, 2.75) is 69.2 Å². The second kappa shape index (κ2) is 8.40. The molecule has 0 spiro atoms. The molecule has 1 saturated carbocycles. The molecule has 1 fully saturated rings. The number of hydrogen-bond acceptors (Lipinski definition) is 3. The lowest BCUT2D eigenvalue weighted by atomic mass is 9.87. The predicted molar refractivity (Wildman–Crippen MR) is 114 cm³/mol. The minimum absolute atomic E-state index is 0.156. The Morgan fingerprint density at radius 3 is 2.81 bits per heavy atom. The second-order valence-corrected chi connectivity index (χ2v) is 9.47. The smallest absolute Gasteiger partial charge is 0.230 e. The molecule has 3 nitrogen and oxygen atoms in total. The molecule has 4 rings (SSSR count). The summed E-state index contributed by atoms with van der Waals surface area (Å²) in [6.45, 7) is 2.30. The van der Waals surface area contributed by atoms with Crippen LogP contribution in [0.25, 0.3) is 10.9 Å². The van der Waals surface area contributed by atoms with Gasteiger partial charge in [0, 0.05) is 27.0 Å². The number of nitrogens with zero attached hydrogens (tertiary/aromatic N) is 1. The molecular formula is C22H27ClN2OS. The number of aryl methyl sites for hydroxylation is 1. The number of pyridine rings is 1. The van der Waals surface area contributed by atoms with E-state index in [0.717, 1.165) is 42.5 Å². The Bertz CT molecular complexity index is 846. The first-order valence-electron chi connectivity index (χ1n) is 10.1. The molecule has 27 heavy (non-hydrogen) atoms. The van der Waals surface area contributed by atoms with Gasteiger partial charge < -0.3 is 5.32 Å². The summed E-state index contributed by atoms with van der Waals surface area (Å²) in [5.74, 6) is 1.43. The number of benzene rings is 1. The van der Waals surface area contributed by atoms with E-state index in [1.807, 2.05) is 12.1 Å². The van der Waals surface area contributed by atoms with Gasteiger partial charge in [-0.2, -0.15) is 0 Å². The molecule has 0 aliphatic heterocycles. The van der Waals surface area contributed by atoms with Gasteiger partial charge in [-0.3, -0.25) is 9.78 Å². The van der Waals surface area contributed by atoms with Gasteiger partial charge in [0.15, 0.2) is 0 Å². The van der Waals surface area contributed by atoms with Gasteiger partial charge in [-0.05, 0) is 75.0 Å². The summed E-state index contributed by atoms with van der Waals surface area (Å²) in [4.78, 5) is 18.7. The lowest BCUT2D eigenvalue weighted by Crippen LogP contribution is -2.38. The summed E-state index contributed by atoms with van der Waals surface area (Å²) in [5.41, 5.74) is 3.49. The fourth-order valence-corrected chi connectivity index (χ4v) is 5.58. The highest BCUT2D eigenvalue weighted by atomic mass is 35.5. The fraction of sp³-hybridized carbons (Fsp3) is 0.545. The second-order valence-electron chi connectivity index (χ2n) is 8.05. The molecule has 2 aliphatic rings. The molecule has 5 heteroatoms. The molecule has 1 amide bonds. The van der Waals surface area contributed by atoms with Crippen molar-refractivity contribution >= 4 is 40.2 Å². The number of halogens is 1. The van der Waals surface area contributed by atoms with Crippen LogP contribution < -0.4 is 5.32 Å². The zero-order chi connectivity index (χ0) is 18.8. The maximum absolute atomic E-state index is 12.6. The average molecular weight is 403 g/mol. The Morgan fingerprint density at radius 2 is 2.00 bits per heavy atom. The first-order valence-corrected chi connectivity index (χ1v) is 11.5. The van der Waals surface area contributed by atoms with Gasteiger partial charge in [0.2, 0.25) is 5.91 Å². The highest BCUT2D eigenvalue weighted by molar-refractivity contribution is 8.00. The summed E-state index contributed by atoms with van der Waals surface area (Å²) < 4.78 is 0. The zero-order valence-electron chi connectivity index (χ0n) is 15.9. The van der Waals surface area contributed by atoms with Crippen molar-refractivity contribution in [3.05, 3.63) is 34.5 Å². The third-order valence-corrected chi connectivity index (χ3v) is 7.30. The van der Waals surface area contributed by atoms with Crippen molar-refractivity contribution in [2.75, 3.05) is 5.75 Å². The van der Waals surface area contributed by atoms with Crippen LogP contribution in [0.2, 0.25) is 5.02 Å². The maximum atomic E-state index is 12.6. The molecule has 0 bridgehead atoms. The summed E-state index contributed by atoms with van der Waals surface area (Å²) in [5, 5.41) is 5.09. The molecule has 0 atom stereocenters. The highest BCUT2D eigenvalue weighted by Gasteiger charge is 2.22. The Labute approximate surface area is 170 Å². The number of carbonyl (C=O) groups is 1. The van der Waals surface area contributed by atoms with Gasteiger partial charge >= 0.3 is 0 Å². The topological polar surface area (TPSA) is 42.0 Å². The monoisotopic (exact) mass is 402 g/mol. The van der Waals surface area contributed by atoms with E-state index in [9.17, 15) is 4.79 Å². The molecule has 0 saturated heterocycles. The molecule has 1 N–H and O–H groups in total. The first kappa shape index (κ1) is 19.1. The van der Waals surface area contributed by atoms with Crippen LogP contribution in [0.5, 0.6) is 0 Å². The number of nitrogens with one attached hydrogen (secondary N) is 1. The van der Waals surface area contributed by atoms with Gasteiger partial charge in [-0.15, -0.1) is 11.8 Å². The number of fused-ring (bicyclic) bond motifs is 2. The lowest BCUT2D eigenvalue weighted by Gasteiger charge is -2.27. The Hall–Kier alpha value is -1.26. The van der Waals surface area contributed by atoms with Crippen LogP contribution in [0.4, 0.5) is 0 Å². The first-order chi connectivity index (χ1) is 13.1. The minimum Gasteiger partial charge on any atom is -0.353 e. The third kappa shape index (κ3) is 4.43.